The van der Waals surface area contributed by atoms with Crippen LogP contribution < -0.4 is 5.32 Å². The third-order valence-corrected chi connectivity index (χ3v) is 3.25. The summed E-state index contributed by atoms with van der Waals surface area (Å²) in [5.41, 5.74) is 1.36. The number of carbonyl (C=O) groups is 1. The van der Waals surface area contributed by atoms with Gasteiger partial charge in [0.2, 0.25) is 5.91 Å². The van der Waals surface area contributed by atoms with Gasteiger partial charge in [-0.1, -0.05) is 37.3 Å². The van der Waals surface area contributed by atoms with E-state index in [0.717, 1.165) is 13.0 Å². The van der Waals surface area contributed by atoms with Crippen molar-refractivity contribution in [2.24, 2.45) is 5.92 Å². The molecule has 1 amide bonds. The van der Waals surface area contributed by atoms with Crippen LogP contribution in [0.4, 0.5) is 0 Å². The average molecular weight is 203 g/mol. The predicted octanol–water partition coefficient (Wildman–Crippen LogP) is 2.32. The Balaban J connectivity index is 2.14. The van der Waals surface area contributed by atoms with Crippen LogP contribution in [-0.2, 0) is 4.79 Å². The first-order valence-electron chi connectivity index (χ1n) is 5.63. The first-order chi connectivity index (χ1) is 7.31. The van der Waals surface area contributed by atoms with Gasteiger partial charge in [-0.05, 0) is 23.8 Å². The standard InChI is InChI=1S/C13H17NO/c1-2-12(10-6-4-3-5-7-10)11-8-13(15)14-9-11/h3-7,11-12H,2,8-9H2,1H3,(H,14,15)/t11-,12-/m0/s1. The second-order valence-electron chi connectivity index (χ2n) is 4.19. The van der Waals surface area contributed by atoms with Crippen LogP contribution in [0.3, 0.4) is 0 Å². The van der Waals surface area contributed by atoms with Crippen molar-refractivity contribution >= 4 is 5.91 Å². The number of amides is 1. The molecule has 0 radical (unpaired) electrons. The fourth-order valence-electron chi connectivity index (χ4n) is 2.45. The molecule has 1 N–H and O–H groups in total. The van der Waals surface area contributed by atoms with Crippen molar-refractivity contribution in [3.63, 3.8) is 0 Å². The van der Waals surface area contributed by atoms with Crippen LogP contribution in [0.5, 0.6) is 0 Å². The van der Waals surface area contributed by atoms with Crippen LogP contribution in [0.25, 0.3) is 0 Å². The number of rotatable bonds is 3. The minimum atomic E-state index is 0.203. The molecule has 2 atom stereocenters. The molecule has 0 saturated carbocycles. The molecule has 0 unspecified atom stereocenters. The summed E-state index contributed by atoms with van der Waals surface area (Å²) in [5, 5.41) is 2.92. The minimum absolute atomic E-state index is 0.203. The van der Waals surface area contributed by atoms with E-state index in [2.05, 4.69) is 36.5 Å². The Kier molecular flexibility index (Phi) is 3.05. The Morgan fingerprint density at radius 1 is 1.40 bits per heavy atom. The fourth-order valence-corrected chi connectivity index (χ4v) is 2.45. The lowest BCUT2D eigenvalue weighted by molar-refractivity contribution is -0.119. The Morgan fingerprint density at radius 2 is 2.13 bits per heavy atom. The summed E-state index contributed by atoms with van der Waals surface area (Å²) in [5.74, 6) is 1.20. The Morgan fingerprint density at radius 3 is 2.67 bits per heavy atom. The number of hydrogen-bond acceptors (Lipinski definition) is 1. The zero-order valence-corrected chi connectivity index (χ0v) is 9.07. The van der Waals surface area contributed by atoms with Gasteiger partial charge >= 0.3 is 0 Å². The molecule has 0 aliphatic carbocycles. The van der Waals surface area contributed by atoms with Gasteiger partial charge in [0.15, 0.2) is 0 Å². The molecule has 2 rings (SSSR count). The van der Waals surface area contributed by atoms with Gasteiger partial charge in [-0.15, -0.1) is 0 Å². The van der Waals surface area contributed by atoms with E-state index in [9.17, 15) is 4.79 Å². The molecule has 2 nitrogen and oxygen atoms in total. The van der Waals surface area contributed by atoms with E-state index in [1.54, 1.807) is 0 Å². The number of carbonyl (C=O) groups excluding carboxylic acids is 1. The first kappa shape index (κ1) is 10.2. The summed E-state index contributed by atoms with van der Waals surface area (Å²) in [6.07, 6.45) is 1.79. The second-order valence-corrected chi connectivity index (χ2v) is 4.19. The molecule has 0 bridgehead atoms. The molecule has 1 fully saturated rings. The van der Waals surface area contributed by atoms with Gasteiger partial charge in [-0.2, -0.15) is 0 Å². The van der Waals surface area contributed by atoms with Crippen LogP contribution >= 0.6 is 0 Å². The van der Waals surface area contributed by atoms with E-state index >= 15 is 0 Å². The lowest BCUT2D eigenvalue weighted by Gasteiger charge is -2.20. The van der Waals surface area contributed by atoms with Gasteiger partial charge < -0.3 is 5.32 Å². The van der Waals surface area contributed by atoms with Crippen molar-refractivity contribution in [1.29, 1.82) is 0 Å². The Bertz CT molecular complexity index is 334. The van der Waals surface area contributed by atoms with Crippen LogP contribution in [0.1, 0.15) is 31.2 Å². The molecule has 1 aromatic carbocycles. The Hall–Kier alpha value is -1.31. The molecule has 80 valence electrons. The van der Waals surface area contributed by atoms with Crippen molar-refractivity contribution in [3.05, 3.63) is 35.9 Å². The fraction of sp³-hybridized carbons (Fsp3) is 0.462. The van der Waals surface area contributed by atoms with Gasteiger partial charge in [-0.25, -0.2) is 0 Å². The number of benzene rings is 1. The molecule has 1 aliphatic rings. The van der Waals surface area contributed by atoms with Crippen molar-refractivity contribution in [1.82, 2.24) is 5.32 Å². The smallest absolute Gasteiger partial charge is 0.220 e. The molecule has 1 aliphatic heterocycles. The molecule has 0 spiro atoms. The van der Waals surface area contributed by atoms with Gasteiger partial charge in [0.1, 0.15) is 0 Å². The van der Waals surface area contributed by atoms with Gasteiger partial charge in [0, 0.05) is 13.0 Å². The maximum atomic E-state index is 11.2. The van der Waals surface area contributed by atoms with Crippen LogP contribution in [0, 0.1) is 5.92 Å². The lowest BCUT2D eigenvalue weighted by atomic mass is 9.83. The zero-order chi connectivity index (χ0) is 10.7. The third kappa shape index (κ3) is 2.20. The van der Waals surface area contributed by atoms with Crippen LogP contribution in [0.2, 0.25) is 0 Å². The number of hydrogen-bond donors (Lipinski definition) is 1. The van der Waals surface area contributed by atoms with E-state index in [1.807, 2.05) is 6.07 Å². The predicted molar refractivity (Wildman–Crippen MR) is 60.6 cm³/mol. The zero-order valence-electron chi connectivity index (χ0n) is 9.07. The monoisotopic (exact) mass is 203 g/mol. The first-order valence-corrected chi connectivity index (χ1v) is 5.63. The summed E-state index contributed by atoms with van der Waals surface area (Å²) >= 11 is 0. The summed E-state index contributed by atoms with van der Waals surface area (Å²) < 4.78 is 0. The van der Waals surface area contributed by atoms with Crippen LogP contribution in [-0.4, -0.2) is 12.5 Å². The molecule has 1 saturated heterocycles. The maximum Gasteiger partial charge on any atom is 0.220 e. The highest BCUT2D eigenvalue weighted by Crippen LogP contribution is 2.31. The molecule has 0 aromatic heterocycles. The quantitative estimate of drug-likeness (QED) is 0.802. The summed E-state index contributed by atoms with van der Waals surface area (Å²) in [6, 6.07) is 10.5. The van der Waals surface area contributed by atoms with E-state index in [0.29, 0.717) is 18.3 Å². The van der Waals surface area contributed by atoms with E-state index in [4.69, 9.17) is 0 Å². The van der Waals surface area contributed by atoms with E-state index in [1.165, 1.54) is 5.56 Å². The SMILES string of the molecule is CC[C@@H](c1ccccc1)[C@@H]1CNC(=O)C1. The molecule has 15 heavy (non-hydrogen) atoms. The van der Waals surface area contributed by atoms with Gasteiger partial charge in [0.25, 0.3) is 0 Å². The minimum Gasteiger partial charge on any atom is -0.356 e. The number of nitrogens with one attached hydrogen (secondary N) is 1. The topological polar surface area (TPSA) is 29.1 Å². The van der Waals surface area contributed by atoms with Crippen molar-refractivity contribution < 1.29 is 4.79 Å². The van der Waals surface area contributed by atoms with Crippen LogP contribution in [0.15, 0.2) is 30.3 Å². The summed E-state index contributed by atoms with van der Waals surface area (Å²) in [6.45, 7) is 3.03. The molecule has 2 heteroatoms. The average Bonchev–Trinajstić information content (AvgIpc) is 2.68. The van der Waals surface area contributed by atoms with Crippen molar-refractivity contribution in [2.75, 3.05) is 6.54 Å². The second kappa shape index (κ2) is 4.47. The highest BCUT2D eigenvalue weighted by molar-refractivity contribution is 5.78. The molecule has 1 heterocycles. The lowest BCUT2D eigenvalue weighted by Crippen LogP contribution is -2.17. The van der Waals surface area contributed by atoms with Gasteiger partial charge in [-0.3, -0.25) is 4.79 Å². The van der Waals surface area contributed by atoms with Gasteiger partial charge in [0.05, 0.1) is 0 Å². The maximum absolute atomic E-state index is 11.2. The van der Waals surface area contributed by atoms with Crippen molar-refractivity contribution in [2.45, 2.75) is 25.7 Å². The van der Waals surface area contributed by atoms with E-state index < -0.39 is 0 Å². The molecular formula is C13H17NO. The molecule has 1 aromatic rings. The third-order valence-electron chi connectivity index (χ3n) is 3.25. The highest BCUT2D eigenvalue weighted by Gasteiger charge is 2.28. The summed E-state index contributed by atoms with van der Waals surface area (Å²) in [7, 11) is 0. The Labute approximate surface area is 90.7 Å². The largest absolute Gasteiger partial charge is 0.356 e. The van der Waals surface area contributed by atoms with E-state index in [-0.39, 0.29) is 5.91 Å². The van der Waals surface area contributed by atoms with Crippen molar-refractivity contribution in [3.8, 4) is 0 Å². The summed E-state index contributed by atoms with van der Waals surface area (Å²) in [4.78, 5) is 11.2. The highest BCUT2D eigenvalue weighted by atomic mass is 16.1. The molecular weight excluding hydrogens is 186 g/mol. The normalized spacial score (nSPS) is 22.5.